The molecular formula is C63H73N7O11S2. The number of aliphatic imine (C=N–C) groups is 1. The number of nitrogens with zero attached hydrogens (tertiary/aromatic N) is 1. The zero-order valence-corrected chi connectivity index (χ0v) is 48.7. The molecule has 8 N–H and O–H groups in total. The van der Waals surface area contributed by atoms with Crippen LogP contribution in [0.2, 0.25) is 0 Å². The van der Waals surface area contributed by atoms with E-state index in [9.17, 15) is 31.2 Å². The highest BCUT2D eigenvalue weighted by molar-refractivity contribution is 7.89. The number of nitrogens with two attached hydrogens (primary N) is 2. The Hall–Kier alpha value is -8.22. The average molecular weight is 1170 g/mol. The largest absolute Gasteiger partial charge is 0.397 e. The van der Waals surface area contributed by atoms with E-state index in [-0.39, 0.29) is 75.6 Å². The standard InChI is InChI=1S/C31H35N3O3S.C21H28N4O3S.C9H10O.2CO2/c1-3-22-8-7-11-25(18-22)30-20-26-19-28(16-17-29(26)33-30)38(36,37)34-27-14-12-24(13-15-27)31(35)32-21(2)23-9-5-4-6-10-23;1-14(15-5-3-2-4-6-15)24-21(26)16-7-9-17(10-8-16)25-29(27,28)18-11-12-19(22)20(23)13-18;1-2-8-4-3-5-9(6-8)7-10;2*2-1-3/h4-11,16-19,21,24,27,34H,3,12-15,20H2,1-2H3,(H,32,35);2-6,11-14,16-17,25H,7-10,22-23H2,1H3,(H,24,26);3-7H,2H2,1H3;;/t21-,24?,27?;14-,16?,17?;;;/m11.../s1. The molecule has 6 aromatic carbocycles. The number of amides is 2. The van der Waals surface area contributed by atoms with E-state index in [1.54, 1.807) is 18.2 Å². The molecule has 2 atom stereocenters. The Bertz CT molecular complexity index is 3430. The van der Waals surface area contributed by atoms with E-state index in [0.29, 0.717) is 63.5 Å². The van der Waals surface area contributed by atoms with Gasteiger partial charge in [0.05, 0.1) is 44.6 Å². The van der Waals surface area contributed by atoms with Gasteiger partial charge in [0.1, 0.15) is 6.29 Å². The van der Waals surface area contributed by atoms with E-state index in [1.165, 1.54) is 29.3 Å². The number of fused-ring (bicyclic) bond motifs is 1. The van der Waals surface area contributed by atoms with Gasteiger partial charge in [0, 0.05) is 35.9 Å². The molecule has 0 bridgehead atoms. The third-order valence-corrected chi connectivity index (χ3v) is 17.7. The van der Waals surface area contributed by atoms with Crippen LogP contribution >= 0.6 is 0 Å². The SMILES string of the molecule is CCc1cccc(C2=Nc3ccc(S(=O)(=O)NC4CCC(C(=O)N[C@H](C)c5ccccc5)CC4)cc3C2)c1.CCc1cccc(C=O)c1.C[C@@H](NC(=O)C1CCC(NS(=O)(=O)c2ccc(N)c(N)c2)CC1)c1ccccc1.O=C=O.O=C=O. The molecule has 438 valence electrons. The Balaban J connectivity index is 0.000000246. The number of carbonyl (C=O) groups is 3. The normalized spacial score (nSPS) is 17.7. The first-order chi connectivity index (χ1) is 39.8. The maximum absolute atomic E-state index is 13.2. The number of aryl methyl sites for hydroxylation is 2. The van der Waals surface area contributed by atoms with Crippen molar-refractivity contribution in [2.45, 2.75) is 132 Å². The summed E-state index contributed by atoms with van der Waals surface area (Å²) in [7, 11) is -7.35. The maximum atomic E-state index is 13.2. The van der Waals surface area contributed by atoms with E-state index in [4.69, 9.17) is 35.6 Å². The Morgan fingerprint density at radius 2 is 1.01 bits per heavy atom. The van der Waals surface area contributed by atoms with Crippen LogP contribution in [-0.2, 0) is 68.1 Å². The van der Waals surface area contributed by atoms with Gasteiger partial charge >= 0.3 is 12.3 Å². The molecule has 0 radical (unpaired) electrons. The van der Waals surface area contributed by atoms with Crippen molar-refractivity contribution in [3.8, 4) is 0 Å². The third kappa shape index (κ3) is 20.0. The molecule has 9 rings (SSSR count). The number of anilines is 2. The van der Waals surface area contributed by atoms with Crippen molar-refractivity contribution in [3.63, 3.8) is 0 Å². The molecule has 0 aromatic heterocycles. The lowest BCUT2D eigenvalue weighted by Crippen LogP contribution is -2.41. The molecule has 83 heavy (non-hydrogen) atoms. The highest BCUT2D eigenvalue weighted by Crippen LogP contribution is 2.33. The number of rotatable bonds is 16. The van der Waals surface area contributed by atoms with Crippen LogP contribution in [0, 0.1) is 11.8 Å². The van der Waals surface area contributed by atoms with Gasteiger partial charge in [0.2, 0.25) is 31.9 Å². The van der Waals surface area contributed by atoms with E-state index in [0.717, 1.165) is 58.3 Å². The summed E-state index contributed by atoms with van der Waals surface area (Å²) in [5.74, 6) is -0.131. The molecule has 1 aliphatic heterocycles. The average Bonchev–Trinajstić information content (AvgIpc) is 4.04. The summed E-state index contributed by atoms with van der Waals surface area (Å²) in [5.41, 5.74) is 21.1. The van der Waals surface area contributed by atoms with Crippen molar-refractivity contribution < 1.29 is 50.4 Å². The number of benzene rings is 6. The van der Waals surface area contributed by atoms with E-state index >= 15 is 0 Å². The summed E-state index contributed by atoms with van der Waals surface area (Å²) in [6, 6.07) is 44.7. The lowest BCUT2D eigenvalue weighted by Gasteiger charge is -2.29. The second-order valence-electron chi connectivity index (χ2n) is 20.4. The van der Waals surface area contributed by atoms with Gasteiger partial charge in [-0.2, -0.15) is 19.2 Å². The molecule has 6 aromatic rings. The lowest BCUT2D eigenvalue weighted by atomic mass is 9.85. The number of hydrogen-bond acceptors (Lipinski definition) is 14. The summed E-state index contributed by atoms with van der Waals surface area (Å²) < 4.78 is 57.3. The first-order valence-electron chi connectivity index (χ1n) is 27.5. The predicted molar refractivity (Wildman–Crippen MR) is 317 cm³/mol. The van der Waals surface area contributed by atoms with Gasteiger partial charge in [-0.15, -0.1) is 0 Å². The zero-order valence-electron chi connectivity index (χ0n) is 47.1. The zero-order chi connectivity index (χ0) is 60.5. The van der Waals surface area contributed by atoms with Crippen LogP contribution in [0.4, 0.5) is 17.1 Å². The Labute approximate surface area is 486 Å². The first kappa shape index (κ1) is 65.6. The van der Waals surface area contributed by atoms with E-state index in [2.05, 4.69) is 52.1 Å². The van der Waals surface area contributed by atoms with Gasteiger partial charge in [0.25, 0.3) is 0 Å². The molecule has 0 unspecified atom stereocenters. The van der Waals surface area contributed by atoms with Crippen molar-refractivity contribution in [2.75, 3.05) is 11.5 Å². The van der Waals surface area contributed by atoms with E-state index < -0.39 is 20.0 Å². The van der Waals surface area contributed by atoms with E-state index in [1.807, 2.05) is 105 Å². The minimum atomic E-state index is -3.68. The summed E-state index contributed by atoms with van der Waals surface area (Å²) in [6.07, 6.45) is 9.07. The molecule has 2 aliphatic carbocycles. The van der Waals surface area contributed by atoms with Crippen molar-refractivity contribution in [1.82, 2.24) is 20.1 Å². The van der Waals surface area contributed by atoms with Crippen LogP contribution in [0.25, 0.3) is 0 Å². The fraction of sp³-hybridized carbons (Fsp3) is 0.333. The van der Waals surface area contributed by atoms with Crippen molar-refractivity contribution >= 4 is 73.2 Å². The summed E-state index contributed by atoms with van der Waals surface area (Å²) in [5, 5.41) is 6.17. The quantitative estimate of drug-likeness (QED) is 0.0390. The van der Waals surface area contributed by atoms with Crippen molar-refractivity contribution in [3.05, 3.63) is 185 Å². The number of aldehydes is 1. The molecule has 2 fully saturated rings. The van der Waals surface area contributed by atoms with Gasteiger partial charge in [-0.1, -0.05) is 111 Å². The Morgan fingerprint density at radius 3 is 1.47 bits per heavy atom. The Morgan fingerprint density at radius 1 is 0.566 bits per heavy atom. The molecular weight excluding hydrogens is 1090 g/mol. The minimum absolute atomic E-state index is 0.0222. The predicted octanol–water partition coefficient (Wildman–Crippen LogP) is 9.10. The smallest absolute Gasteiger partial charge is 0.373 e. The maximum Gasteiger partial charge on any atom is 0.373 e. The van der Waals surface area contributed by atoms with Crippen LogP contribution in [0.15, 0.2) is 160 Å². The van der Waals surface area contributed by atoms with Gasteiger partial charge in [-0.3, -0.25) is 19.4 Å². The highest BCUT2D eigenvalue weighted by atomic mass is 32.2. The van der Waals surface area contributed by atoms with Gasteiger partial charge < -0.3 is 22.1 Å². The van der Waals surface area contributed by atoms with Crippen LogP contribution in [0.3, 0.4) is 0 Å². The van der Waals surface area contributed by atoms with Gasteiger partial charge in [-0.25, -0.2) is 26.3 Å². The minimum Gasteiger partial charge on any atom is -0.397 e. The molecule has 2 saturated carbocycles. The first-order valence-corrected chi connectivity index (χ1v) is 30.5. The monoisotopic (exact) mass is 1170 g/mol. The molecule has 0 spiro atoms. The summed E-state index contributed by atoms with van der Waals surface area (Å²) in [4.78, 5) is 73.3. The van der Waals surface area contributed by atoms with Crippen molar-refractivity contribution in [2.24, 2.45) is 16.8 Å². The van der Waals surface area contributed by atoms with Crippen LogP contribution < -0.4 is 31.5 Å². The molecule has 2 amide bonds. The molecule has 0 saturated heterocycles. The molecule has 18 nitrogen and oxygen atoms in total. The fourth-order valence-electron chi connectivity index (χ4n) is 9.92. The van der Waals surface area contributed by atoms with Gasteiger partial charge in [0.15, 0.2) is 0 Å². The topological polar surface area (TPSA) is 300 Å². The molecule has 3 aliphatic rings. The fourth-order valence-corrected chi connectivity index (χ4v) is 12.6. The van der Waals surface area contributed by atoms with Crippen molar-refractivity contribution in [1.29, 1.82) is 0 Å². The third-order valence-electron chi connectivity index (χ3n) is 14.7. The van der Waals surface area contributed by atoms with Crippen LogP contribution in [0.5, 0.6) is 0 Å². The molecule has 1 heterocycles. The second kappa shape index (κ2) is 32.4. The summed E-state index contributed by atoms with van der Waals surface area (Å²) >= 11 is 0. The molecule has 20 heteroatoms. The number of nitrogens with one attached hydrogen (secondary N) is 4. The number of hydrogen-bond donors (Lipinski definition) is 6. The number of nitrogen functional groups attached to an aromatic ring is 2. The van der Waals surface area contributed by atoms with Crippen LogP contribution in [-0.4, -0.2) is 65.0 Å². The van der Waals surface area contributed by atoms with Gasteiger partial charge in [-0.05, 0) is 160 Å². The highest BCUT2D eigenvalue weighted by Gasteiger charge is 2.32. The second-order valence-corrected chi connectivity index (χ2v) is 23.8. The van der Waals surface area contributed by atoms with Crippen LogP contribution in [0.1, 0.15) is 135 Å². The number of sulfonamides is 2. The lowest BCUT2D eigenvalue weighted by molar-refractivity contribution is -0.193. The Kier molecular flexibility index (Phi) is 25.6. The summed E-state index contributed by atoms with van der Waals surface area (Å²) in [6.45, 7) is 8.15. The number of carbonyl (C=O) groups excluding carboxylic acids is 7.